The minimum atomic E-state index is -4.56. The Balaban J connectivity index is 2.96. The van der Waals surface area contributed by atoms with Crippen molar-refractivity contribution < 1.29 is 31.1 Å². The van der Waals surface area contributed by atoms with Crippen LogP contribution in [0.4, 0.5) is 18.9 Å². The van der Waals surface area contributed by atoms with Gasteiger partial charge in [0.15, 0.2) is 0 Å². The van der Waals surface area contributed by atoms with Gasteiger partial charge in [-0.3, -0.25) is 4.79 Å². The fourth-order valence-corrected chi connectivity index (χ4v) is 3.37. The van der Waals surface area contributed by atoms with E-state index in [1.54, 1.807) is 20.8 Å². The average Bonchev–Trinajstić information content (AvgIpc) is 2.41. The van der Waals surface area contributed by atoms with Crippen molar-refractivity contribution in [1.82, 2.24) is 4.72 Å². The molecule has 0 spiro atoms. The molecule has 1 aromatic carbocycles. The molecule has 0 radical (unpaired) electrons. The van der Waals surface area contributed by atoms with E-state index in [1.807, 2.05) is 0 Å². The molecule has 0 aromatic heterocycles. The van der Waals surface area contributed by atoms with Crippen molar-refractivity contribution in [1.29, 1.82) is 0 Å². The van der Waals surface area contributed by atoms with Crippen LogP contribution < -0.4 is 10.0 Å². The first kappa shape index (κ1) is 21.4. The van der Waals surface area contributed by atoms with Crippen molar-refractivity contribution in [2.75, 3.05) is 11.9 Å². The maximum Gasteiger partial charge on any atom is 0.411 e. The second-order valence-corrected chi connectivity index (χ2v) is 8.06. The molecule has 0 saturated carbocycles. The van der Waals surface area contributed by atoms with E-state index in [0.717, 1.165) is 6.92 Å². The van der Waals surface area contributed by atoms with Gasteiger partial charge in [0.1, 0.15) is 17.6 Å². The molecule has 0 heterocycles. The second-order valence-electron chi connectivity index (χ2n) is 6.41. The van der Waals surface area contributed by atoms with E-state index in [2.05, 4.69) is 14.8 Å². The average molecular weight is 382 g/mol. The quantitative estimate of drug-likeness (QED) is 0.792. The van der Waals surface area contributed by atoms with Gasteiger partial charge in [0.2, 0.25) is 10.0 Å². The number of rotatable bonds is 6. The Morgan fingerprint density at radius 1 is 1.20 bits per heavy atom. The SMILES string of the molecule is CC(OCC(F)(F)F)C(=O)Nc1ccccc1S(=O)(=O)NC(C)(C)C. The molecule has 10 heteroatoms. The van der Waals surface area contributed by atoms with Gasteiger partial charge in [0.05, 0.1) is 5.69 Å². The van der Waals surface area contributed by atoms with E-state index < -0.39 is 40.4 Å². The number of alkyl halides is 3. The first-order chi connectivity index (χ1) is 11.2. The fourth-order valence-electron chi connectivity index (χ4n) is 1.79. The summed E-state index contributed by atoms with van der Waals surface area (Å²) in [6, 6.07) is 5.58. The Morgan fingerprint density at radius 2 is 1.76 bits per heavy atom. The summed E-state index contributed by atoms with van der Waals surface area (Å²) in [6.45, 7) is 4.52. The van der Waals surface area contributed by atoms with Crippen LogP contribution in [0.5, 0.6) is 0 Å². The third-order valence-corrected chi connectivity index (χ3v) is 4.56. The van der Waals surface area contributed by atoms with E-state index in [1.165, 1.54) is 24.3 Å². The summed E-state index contributed by atoms with van der Waals surface area (Å²) in [5, 5.41) is 2.29. The lowest BCUT2D eigenvalue weighted by atomic mass is 10.1. The van der Waals surface area contributed by atoms with Crippen LogP contribution in [0, 0.1) is 0 Å². The van der Waals surface area contributed by atoms with Crippen LogP contribution in [0.1, 0.15) is 27.7 Å². The number of carbonyl (C=O) groups excluding carboxylic acids is 1. The molecular formula is C15H21F3N2O4S. The highest BCUT2D eigenvalue weighted by Gasteiger charge is 2.30. The predicted molar refractivity (Wildman–Crippen MR) is 86.6 cm³/mol. The first-order valence-corrected chi connectivity index (χ1v) is 8.82. The summed E-state index contributed by atoms with van der Waals surface area (Å²) < 4.78 is 68.2. The van der Waals surface area contributed by atoms with Gasteiger partial charge in [-0.15, -0.1) is 0 Å². The molecule has 2 N–H and O–H groups in total. The third-order valence-electron chi connectivity index (χ3n) is 2.74. The molecule has 1 rings (SSSR count). The number of anilines is 1. The summed E-state index contributed by atoms with van der Waals surface area (Å²) in [4.78, 5) is 11.8. The van der Waals surface area contributed by atoms with Gasteiger partial charge >= 0.3 is 6.18 Å². The normalized spacial score (nSPS) is 14.2. The molecule has 6 nitrogen and oxygen atoms in total. The van der Waals surface area contributed by atoms with Crippen LogP contribution in [0.3, 0.4) is 0 Å². The largest absolute Gasteiger partial charge is 0.411 e. The summed E-state index contributed by atoms with van der Waals surface area (Å²) in [5.74, 6) is -0.886. The maximum absolute atomic E-state index is 12.4. The Morgan fingerprint density at radius 3 is 2.28 bits per heavy atom. The molecule has 142 valence electrons. The molecule has 0 fully saturated rings. The molecule has 0 aliphatic heterocycles. The predicted octanol–water partition coefficient (Wildman–Crippen LogP) is 2.67. The van der Waals surface area contributed by atoms with Crippen molar-refractivity contribution in [2.24, 2.45) is 0 Å². The number of amides is 1. The molecule has 1 amide bonds. The van der Waals surface area contributed by atoms with Crippen LogP contribution in [-0.4, -0.2) is 38.8 Å². The number of benzene rings is 1. The van der Waals surface area contributed by atoms with Crippen molar-refractivity contribution >= 4 is 21.6 Å². The Hall–Kier alpha value is -1.65. The minimum absolute atomic E-state index is 0.0493. The summed E-state index contributed by atoms with van der Waals surface area (Å²) in [7, 11) is -3.94. The van der Waals surface area contributed by atoms with Crippen molar-refractivity contribution in [3.05, 3.63) is 24.3 Å². The van der Waals surface area contributed by atoms with Crippen LogP contribution >= 0.6 is 0 Å². The van der Waals surface area contributed by atoms with Gasteiger partial charge in [-0.25, -0.2) is 13.1 Å². The van der Waals surface area contributed by atoms with E-state index in [0.29, 0.717) is 0 Å². The highest BCUT2D eigenvalue weighted by atomic mass is 32.2. The molecule has 0 saturated heterocycles. The van der Waals surface area contributed by atoms with Gasteiger partial charge in [0, 0.05) is 5.54 Å². The van der Waals surface area contributed by atoms with Crippen molar-refractivity contribution in [3.63, 3.8) is 0 Å². The number of carbonyl (C=O) groups is 1. The lowest BCUT2D eigenvalue weighted by molar-refractivity contribution is -0.184. The van der Waals surface area contributed by atoms with E-state index in [4.69, 9.17) is 0 Å². The smallest absolute Gasteiger partial charge is 0.359 e. The van der Waals surface area contributed by atoms with Gasteiger partial charge in [0.25, 0.3) is 5.91 Å². The Kier molecular flexibility index (Phi) is 6.60. The number of hydrogen-bond acceptors (Lipinski definition) is 4. The van der Waals surface area contributed by atoms with Crippen molar-refractivity contribution in [3.8, 4) is 0 Å². The van der Waals surface area contributed by atoms with E-state index in [-0.39, 0.29) is 10.6 Å². The number of sulfonamides is 1. The zero-order valence-electron chi connectivity index (χ0n) is 14.3. The molecule has 25 heavy (non-hydrogen) atoms. The highest BCUT2D eigenvalue weighted by Crippen LogP contribution is 2.23. The summed E-state index contributed by atoms with van der Waals surface area (Å²) >= 11 is 0. The van der Waals surface area contributed by atoms with Crippen LogP contribution in [-0.2, 0) is 19.6 Å². The van der Waals surface area contributed by atoms with Gasteiger partial charge in [-0.05, 0) is 39.8 Å². The number of ether oxygens (including phenoxy) is 1. The second kappa shape index (κ2) is 7.71. The van der Waals surface area contributed by atoms with Gasteiger partial charge in [-0.1, -0.05) is 12.1 Å². The topological polar surface area (TPSA) is 84.5 Å². The molecule has 1 aromatic rings. The summed E-state index contributed by atoms with van der Waals surface area (Å²) in [5.41, 5.74) is -0.800. The lowest BCUT2D eigenvalue weighted by Crippen LogP contribution is -2.41. The molecule has 0 aliphatic rings. The van der Waals surface area contributed by atoms with Crippen LogP contribution in [0.15, 0.2) is 29.2 Å². The zero-order valence-corrected chi connectivity index (χ0v) is 15.1. The number of hydrogen-bond donors (Lipinski definition) is 2. The van der Waals surface area contributed by atoms with E-state index >= 15 is 0 Å². The summed E-state index contributed by atoms with van der Waals surface area (Å²) in [6.07, 6.45) is -5.97. The Labute approximate surface area is 144 Å². The fraction of sp³-hybridized carbons (Fsp3) is 0.533. The number of nitrogens with one attached hydrogen (secondary N) is 2. The zero-order chi connectivity index (χ0) is 19.5. The number of para-hydroxylation sites is 1. The van der Waals surface area contributed by atoms with E-state index in [9.17, 15) is 26.4 Å². The number of halogens is 3. The minimum Gasteiger partial charge on any atom is -0.359 e. The molecule has 0 bridgehead atoms. The maximum atomic E-state index is 12.4. The third kappa shape index (κ3) is 7.41. The van der Waals surface area contributed by atoms with Gasteiger partial charge < -0.3 is 10.1 Å². The molecule has 1 unspecified atom stereocenters. The van der Waals surface area contributed by atoms with Crippen LogP contribution in [0.25, 0.3) is 0 Å². The molecule has 1 atom stereocenters. The van der Waals surface area contributed by atoms with Crippen LogP contribution in [0.2, 0.25) is 0 Å². The standard InChI is InChI=1S/C15H21F3N2O4S/c1-10(24-9-15(16,17)18)13(21)19-11-7-5-6-8-12(11)25(22,23)20-14(2,3)4/h5-8,10,20H,9H2,1-4H3,(H,19,21). The van der Waals surface area contributed by atoms with Gasteiger partial charge in [-0.2, -0.15) is 13.2 Å². The lowest BCUT2D eigenvalue weighted by Gasteiger charge is -2.22. The molecular weight excluding hydrogens is 361 g/mol. The molecule has 0 aliphatic carbocycles. The van der Waals surface area contributed by atoms with Crippen molar-refractivity contribution in [2.45, 2.75) is 50.4 Å². The first-order valence-electron chi connectivity index (χ1n) is 7.33. The highest BCUT2D eigenvalue weighted by molar-refractivity contribution is 7.89. The Bertz CT molecular complexity index is 712. The monoisotopic (exact) mass is 382 g/mol.